The van der Waals surface area contributed by atoms with Gasteiger partial charge in [-0.3, -0.25) is 10.1 Å². The fraction of sp³-hybridized carbons (Fsp3) is 0.182. The number of hydrogen-bond donors (Lipinski definition) is 1. The minimum absolute atomic E-state index is 0.00826. The van der Waals surface area contributed by atoms with Gasteiger partial charge in [-0.15, -0.1) is 0 Å². The third kappa shape index (κ3) is 3.32. The van der Waals surface area contributed by atoms with Crippen molar-refractivity contribution in [1.29, 1.82) is 0 Å². The Hall–Kier alpha value is -3.94. The van der Waals surface area contributed by atoms with Crippen molar-refractivity contribution in [3.8, 4) is 11.5 Å². The molecule has 1 N–H and O–H groups in total. The molecule has 0 saturated heterocycles. The van der Waals surface area contributed by atoms with Gasteiger partial charge < -0.3 is 14.5 Å². The second-order valence-corrected chi connectivity index (χ2v) is 6.60. The summed E-state index contributed by atoms with van der Waals surface area (Å²) in [5.41, 5.74) is 2.68. The highest BCUT2D eigenvalue weighted by atomic mass is 16.6. The van der Waals surface area contributed by atoms with Gasteiger partial charge in [0.2, 0.25) is 0 Å². The Labute approximate surface area is 171 Å². The molecule has 8 nitrogen and oxygen atoms in total. The number of pyridine rings is 1. The summed E-state index contributed by atoms with van der Waals surface area (Å²) in [6.45, 7) is 3.98. The molecule has 0 fully saturated rings. The number of benzene rings is 2. The van der Waals surface area contributed by atoms with Gasteiger partial charge in [-0.25, -0.2) is 9.78 Å². The van der Waals surface area contributed by atoms with Crippen molar-refractivity contribution in [2.24, 2.45) is 0 Å². The Morgan fingerprint density at radius 3 is 2.53 bits per heavy atom. The van der Waals surface area contributed by atoms with E-state index in [1.807, 2.05) is 25.1 Å². The first-order chi connectivity index (χ1) is 14.5. The molecule has 0 bridgehead atoms. The number of fused-ring (bicyclic) bond motifs is 3. The number of nitro benzene ring substituents is 1. The fourth-order valence-corrected chi connectivity index (χ4v) is 3.54. The summed E-state index contributed by atoms with van der Waals surface area (Å²) in [4.78, 5) is 30.5. The van der Waals surface area contributed by atoms with Crippen LogP contribution in [0.15, 0.2) is 48.7 Å². The number of H-pyrrole nitrogens is 1. The van der Waals surface area contributed by atoms with Gasteiger partial charge in [0.15, 0.2) is 5.69 Å². The summed E-state index contributed by atoms with van der Waals surface area (Å²) in [6.07, 6.45) is 2.20. The lowest BCUT2D eigenvalue weighted by molar-refractivity contribution is -0.384. The van der Waals surface area contributed by atoms with Crippen molar-refractivity contribution < 1.29 is 19.2 Å². The molecule has 0 aliphatic carbocycles. The van der Waals surface area contributed by atoms with Crippen LogP contribution in [0.5, 0.6) is 11.5 Å². The maximum absolute atomic E-state index is 12.4. The van der Waals surface area contributed by atoms with Crippen LogP contribution in [0.1, 0.15) is 29.9 Å². The van der Waals surface area contributed by atoms with Crippen molar-refractivity contribution >= 4 is 33.5 Å². The molecule has 2 heterocycles. The Kier molecular flexibility index (Phi) is 5.05. The molecule has 0 aliphatic heterocycles. The van der Waals surface area contributed by atoms with Gasteiger partial charge in [-0.1, -0.05) is 13.0 Å². The van der Waals surface area contributed by atoms with E-state index in [0.717, 1.165) is 27.4 Å². The van der Waals surface area contributed by atoms with E-state index in [-0.39, 0.29) is 18.0 Å². The average molecular weight is 405 g/mol. The average Bonchev–Trinajstić information content (AvgIpc) is 3.13. The van der Waals surface area contributed by atoms with E-state index in [0.29, 0.717) is 17.9 Å². The van der Waals surface area contributed by atoms with Crippen molar-refractivity contribution in [1.82, 2.24) is 9.97 Å². The Morgan fingerprint density at radius 2 is 1.87 bits per heavy atom. The van der Waals surface area contributed by atoms with Crippen molar-refractivity contribution in [2.75, 3.05) is 6.61 Å². The monoisotopic (exact) mass is 405 g/mol. The van der Waals surface area contributed by atoms with Crippen LogP contribution >= 0.6 is 0 Å². The van der Waals surface area contributed by atoms with Gasteiger partial charge in [0.25, 0.3) is 5.69 Å². The lowest BCUT2D eigenvalue weighted by Gasteiger charge is -2.10. The van der Waals surface area contributed by atoms with E-state index in [9.17, 15) is 14.9 Å². The molecule has 0 atom stereocenters. The normalized spacial score (nSPS) is 11.0. The van der Waals surface area contributed by atoms with Gasteiger partial charge in [-0.2, -0.15) is 0 Å². The zero-order valence-corrected chi connectivity index (χ0v) is 16.5. The SMILES string of the molecule is CCOC(=O)c1ncc2[nH]c3cccc(Oc4ccc([N+](=O)[O-])cc4)c3c2c1CC. The predicted octanol–water partition coefficient (Wildman–Crippen LogP) is 5.16. The minimum atomic E-state index is -0.459. The Morgan fingerprint density at radius 1 is 1.10 bits per heavy atom. The van der Waals surface area contributed by atoms with Crippen molar-refractivity contribution in [2.45, 2.75) is 20.3 Å². The minimum Gasteiger partial charge on any atom is -0.461 e. The van der Waals surface area contributed by atoms with Crippen LogP contribution in [0.4, 0.5) is 5.69 Å². The summed E-state index contributed by atoms with van der Waals surface area (Å²) in [6, 6.07) is 11.5. The Balaban J connectivity index is 1.88. The lowest BCUT2D eigenvalue weighted by Crippen LogP contribution is -2.10. The van der Waals surface area contributed by atoms with E-state index in [4.69, 9.17) is 9.47 Å². The molecule has 0 amide bonds. The maximum Gasteiger partial charge on any atom is 0.357 e. The largest absolute Gasteiger partial charge is 0.461 e. The molecule has 2 aromatic carbocycles. The van der Waals surface area contributed by atoms with Crippen molar-refractivity contribution in [3.63, 3.8) is 0 Å². The molecule has 0 saturated carbocycles. The molecule has 152 valence electrons. The molecule has 0 unspecified atom stereocenters. The maximum atomic E-state index is 12.4. The summed E-state index contributed by atoms with van der Waals surface area (Å²) in [5.74, 6) is 0.586. The topological polar surface area (TPSA) is 107 Å². The number of carbonyl (C=O) groups excluding carboxylic acids is 1. The first kappa shape index (κ1) is 19.4. The summed E-state index contributed by atoms with van der Waals surface area (Å²) in [7, 11) is 0. The number of aryl methyl sites for hydroxylation is 1. The summed E-state index contributed by atoms with van der Waals surface area (Å²) in [5, 5.41) is 12.5. The lowest BCUT2D eigenvalue weighted by atomic mass is 10.0. The second-order valence-electron chi connectivity index (χ2n) is 6.60. The number of rotatable bonds is 6. The standard InChI is InChI=1S/C22H19N3O5/c1-3-15-19-17(12-23-21(15)22(26)29-4-2)24-16-6-5-7-18(20(16)19)30-14-10-8-13(9-11-14)25(27)28/h5-12,24H,3-4H2,1-2H3. The van der Waals surface area contributed by atoms with Crippen LogP contribution in [-0.4, -0.2) is 27.5 Å². The number of carbonyl (C=O) groups is 1. The number of esters is 1. The number of nitro groups is 1. The molecule has 0 spiro atoms. The molecule has 8 heteroatoms. The molecular formula is C22H19N3O5. The number of non-ortho nitro benzene ring substituents is 1. The van der Waals surface area contributed by atoms with Crippen LogP contribution in [0.2, 0.25) is 0 Å². The van der Waals surface area contributed by atoms with Gasteiger partial charge in [0.1, 0.15) is 11.5 Å². The highest BCUT2D eigenvalue weighted by molar-refractivity contribution is 6.13. The summed E-state index contributed by atoms with van der Waals surface area (Å²) < 4.78 is 11.2. The highest BCUT2D eigenvalue weighted by Gasteiger charge is 2.21. The van der Waals surface area contributed by atoms with Crippen LogP contribution in [0.3, 0.4) is 0 Å². The number of aromatic nitrogens is 2. The van der Waals surface area contributed by atoms with Gasteiger partial charge in [0.05, 0.1) is 34.1 Å². The summed E-state index contributed by atoms with van der Waals surface area (Å²) >= 11 is 0. The first-order valence-corrected chi connectivity index (χ1v) is 9.55. The molecular weight excluding hydrogens is 386 g/mol. The molecule has 30 heavy (non-hydrogen) atoms. The van der Waals surface area contributed by atoms with Crippen LogP contribution < -0.4 is 4.74 Å². The third-order valence-corrected chi connectivity index (χ3v) is 4.82. The molecule has 0 radical (unpaired) electrons. The smallest absolute Gasteiger partial charge is 0.357 e. The van der Waals surface area contributed by atoms with Crippen LogP contribution in [0.25, 0.3) is 21.8 Å². The van der Waals surface area contributed by atoms with E-state index in [1.165, 1.54) is 12.1 Å². The van der Waals surface area contributed by atoms with Gasteiger partial charge in [0, 0.05) is 17.5 Å². The third-order valence-electron chi connectivity index (χ3n) is 4.82. The predicted molar refractivity (Wildman–Crippen MR) is 112 cm³/mol. The number of nitrogens with one attached hydrogen (secondary N) is 1. The van der Waals surface area contributed by atoms with E-state index in [2.05, 4.69) is 9.97 Å². The first-order valence-electron chi connectivity index (χ1n) is 9.55. The second kappa shape index (κ2) is 7.82. The van der Waals surface area contributed by atoms with Crippen molar-refractivity contribution in [3.05, 3.63) is 70.0 Å². The molecule has 4 rings (SSSR count). The Bertz CT molecular complexity index is 1260. The molecule has 4 aromatic rings. The van der Waals surface area contributed by atoms with E-state index in [1.54, 1.807) is 25.3 Å². The van der Waals surface area contributed by atoms with E-state index < -0.39 is 10.9 Å². The van der Waals surface area contributed by atoms with E-state index >= 15 is 0 Å². The molecule has 0 aliphatic rings. The number of nitrogens with zero attached hydrogens (tertiary/aromatic N) is 2. The zero-order valence-electron chi connectivity index (χ0n) is 16.5. The zero-order chi connectivity index (χ0) is 21.3. The van der Waals surface area contributed by atoms with Gasteiger partial charge >= 0.3 is 5.97 Å². The quantitative estimate of drug-likeness (QED) is 0.270. The highest BCUT2D eigenvalue weighted by Crippen LogP contribution is 2.38. The molecule has 2 aromatic heterocycles. The van der Waals surface area contributed by atoms with Crippen LogP contribution in [-0.2, 0) is 11.2 Å². The fourth-order valence-electron chi connectivity index (χ4n) is 3.54. The number of aromatic amines is 1. The number of hydrogen-bond acceptors (Lipinski definition) is 6. The van der Waals surface area contributed by atoms with Crippen LogP contribution in [0, 0.1) is 10.1 Å². The number of ether oxygens (including phenoxy) is 2. The van der Waals surface area contributed by atoms with Gasteiger partial charge in [-0.05, 0) is 43.2 Å².